The number of benzene rings is 2. The number of hydrogen-bond acceptors (Lipinski definition) is 6. The lowest BCUT2D eigenvalue weighted by molar-refractivity contribution is -0.121. The Morgan fingerprint density at radius 3 is 2.56 bits per heavy atom. The number of aromatic nitrogens is 1. The summed E-state index contributed by atoms with van der Waals surface area (Å²) in [6.45, 7) is 3.61. The van der Waals surface area contributed by atoms with Crippen LogP contribution in [-0.4, -0.2) is 46.9 Å². The van der Waals surface area contributed by atoms with Crippen LogP contribution in [0.25, 0.3) is 10.8 Å². The molecule has 0 radical (unpaired) electrons. The zero-order chi connectivity index (χ0) is 24.6. The second-order valence-electron chi connectivity index (χ2n) is 8.62. The number of nitrogens with one attached hydrogen (secondary N) is 3. The van der Waals surface area contributed by atoms with Gasteiger partial charge in [0.1, 0.15) is 12.4 Å². The fraction of sp³-hybridized carbons (Fsp3) is 0.320. The molecule has 1 atom stereocenters. The molecule has 180 valence electrons. The molecule has 0 aliphatic rings. The number of halogens is 1. The maximum absolute atomic E-state index is 12.4. The highest BCUT2D eigenvalue weighted by molar-refractivity contribution is 6.31. The molecule has 3 aromatic rings. The van der Waals surface area contributed by atoms with Crippen LogP contribution >= 0.6 is 11.6 Å². The second-order valence-corrected chi connectivity index (χ2v) is 9.02. The first kappa shape index (κ1) is 25.4. The molecule has 0 saturated carbocycles. The van der Waals surface area contributed by atoms with Gasteiger partial charge in [-0.1, -0.05) is 54.1 Å². The maximum atomic E-state index is 12.4. The maximum Gasteiger partial charge on any atom is 0.412 e. The molecule has 9 heteroatoms. The van der Waals surface area contributed by atoms with Crippen molar-refractivity contribution in [3.63, 3.8) is 0 Å². The third kappa shape index (κ3) is 8.30. The van der Waals surface area contributed by atoms with Gasteiger partial charge in [-0.2, -0.15) is 0 Å². The molecule has 0 saturated heterocycles. The molecular formula is C25H29ClN4O4. The van der Waals surface area contributed by atoms with E-state index in [4.69, 9.17) is 16.3 Å². The molecule has 0 aliphatic carbocycles. The summed E-state index contributed by atoms with van der Waals surface area (Å²) in [5.41, 5.74) is -0.185. The molecule has 34 heavy (non-hydrogen) atoms. The van der Waals surface area contributed by atoms with E-state index >= 15 is 0 Å². The van der Waals surface area contributed by atoms with Crippen LogP contribution in [0.3, 0.4) is 0 Å². The van der Waals surface area contributed by atoms with Gasteiger partial charge in [-0.15, -0.1) is 0 Å². The predicted molar refractivity (Wildman–Crippen MR) is 133 cm³/mol. The minimum atomic E-state index is -1.07. The number of ether oxygens (including phenoxy) is 1. The van der Waals surface area contributed by atoms with Crippen LogP contribution in [0, 0.1) is 0 Å². The fourth-order valence-corrected chi connectivity index (χ4v) is 3.66. The van der Waals surface area contributed by atoms with Crippen LogP contribution < -0.4 is 16.0 Å². The van der Waals surface area contributed by atoms with Crippen molar-refractivity contribution in [2.75, 3.05) is 18.5 Å². The van der Waals surface area contributed by atoms with Crippen molar-refractivity contribution in [3.8, 4) is 0 Å². The van der Waals surface area contributed by atoms with Gasteiger partial charge in [-0.25, -0.2) is 9.78 Å². The lowest BCUT2D eigenvalue weighted by Gasteiger charge is -2.25. The van der Waals surface area contributed by atoms with E-state index in [-0.39, 0.29) is 25.5 Å². The van der Waals surface area contributed by atoms with Gasteiger partial charge in [0.2, 0.25) is 5.91 Å². The third-order valence-electron chi connectivity index (χ3n) is 4.95. The first-order valence-electron chi connectivity index (χ1n) is 10.9. The van der Waals surface area contributed by atoms with Crippen molar-refractivity contribution < 1.29 is 19.4 Å². The summed E-state index contributed by atoms with van der Waals surface area (Å²) in [5, 5.41) is 21.2. The summed E-state index contributed by atoms with van der Waals surface area (Å²) in [6, 6.07) is 16.2. The molecule has 3 rings (SSSR count). The van der Waals surface area contributed by atoms with Gasteiger partial charge in [0, 0.05) is 23.2 Å². The van der Waals surface area contributed by atoms with Gasteiger partial charge in [0.25, 0.3) is 0 Å². The zero-order valence-corrected chi connectivity index (χ0v) is 19.9. The van der Waals surface area contributed by atoms with E-state index in [1.165, 1.54) is 0 Å². The molecule has 0 fully saturated rings. The molecular weight excluding hydrogens is 456 g/mol. The van der Waals surface area contributed by atoms with Crippen molar-refractivity contribution in [1.29, 1.82) is 0 Å². The van der Waals surface area contributed by atoms with E-state index in [0.29, 0.717) is 17.4 Å². The number of fused-ring (bicyclic) bond motifs is 1. The van der Waals surface area contributed by atoms with Gasteiger partial charge >= 0.3 is 6.09 Å². The van der Waals surface area contributed by atoms with Crippen molar-refractivity contribution in [2.45, 2.75) is 38.5 Å². The highest BCUT2D eigenvalue weighted by Gasteiger charge is 2.23. The Morgan fingerprint density at radius 1 is 1.12 bits per heavy atom. The van der Waals surface area contributed by atoms with Gasteiger partial charge in [-0.3, -0.25) is 10.1 Å². The van der Waals surface area contributed by atoms with Crippen LogP contribution in [0.5, 0.6) is 0 Å². The summed E-state index contributed by atoms with van der Waals surface area (Å²) in [7, 11) is 0. The molecule has 0 unspecified atom stereocenters. The summed E-state index contributed by atoms with van der Waals surface area (Å²) in [6.07, 6.45) is 1.16. The highest BCUT2D eigenvalue weighted by Crippen LogP contribution is 2.17. The molecule has 4 N–H and O–H groups in total. The van der Waals surface area contributed by atoms with Crippen LogP contribution in [0.1, 0.15) is 25.8 Å². The average molecular weight is 485 g/mol. The van der Waals surface area contributed by atoms with E-state index in [9.17, 15) is 14.7 Å². The SMILES string of the molecule is CC(C)(O)C[C@@H](COC(=O)Nc1cc2ccccc2cn1)NC(=O)CNCc1ccccc1Cl. The quantitative estimate of drug-likeness (QED) is 0.347. The standard InChI is InChI=1S/C25H29ClN4O4/c1-25(2,33)12-20(29-23(31)15-27-13-19-9-5-6-10-21(19)26)16-34-24(32)30-22-11-17-7-3-4-8-18(17)14-28-22/h3-11,14,20,27,33H,12-13,15-16H2,1-2H3,(H,29,31)(H,28,30,32)/t20-/m0/s1. The van der Waals surface area contributed by atoms with Crippen LogP contribution in [-0.2, 0) is 16.1 Å². The Balaban J connectivity index is 1.50. The number of anilines is 1. The van der Waals surface area contributed by atoms with Gasteiger partial charge in [0.15, 0.2) is 0 Å². The largest absolute Gasteiger partial charge is 0.447 e. The minimum Gasteiger partial charge on any atom is -0.447 e. The second kappa shape index (κ2) is 11.8. The van der Waals surface area contributed by atoms with Crippen LogP contribution in [0.4, 0.5) is 10.6 Å². The Kier molecular flexibility index (Phi) is 8.81. The number of hydrogen-bond donors (Lipinski definition) is 4. The molecule has 2 aromatic carbocycles. The lowest BCUT2D eigenvalue weighted by Crippen LogP contribution is -2.46. The molecule has 1 aromatic heterocycles. The van der Waals surface area contributed by atoms with Gasteiger partial charge < -0.3 is 20.5 Å². The van der Waals surface area contributed by atoms with Crippen molar-refractivity contribution >= 4 is 40.2 Å². The predicted octanol–water partition coefficient (Wildman–Crippen LogP) is 3.87. The van der Waals surface area contributed by atoms with E-state index in [1.807, 2.05) is 42.5 Å². The summed E-state index contributed by atoms with van der Waals surface area (Å²) in [5.74, 6) is 0.0667. The average Bonchev–Trinajstić information content (AvgIpc) is 2.78. The van der Waals surface area contributed by atoms with Crippen molar-refractivity contribution in [2.24, 2.45) is 0 Å². The first-order chi connectivity index (χ1) is 16.2. The van der Waals surface area contributed by atoms with E-state index in [1.54, 1.807) is 32.2 Å². The monoisotopic (exact) mass is 484 g/mol. The third-order valence-corrected chi connectivity index (χ3v) is 5.32. The normalized spacial score (nSPS) is 12.2. The fourth-order valence-electron chi connectivity index (χ4n) is 3.45. The van der Waals surface area contributed by atoms with Gasteiger partial charge in [-0.05, 0) is 43.4 Å². The summed E-state index contributed by atoms with van der Waals surface area (Å²) >= 11 is 6.13. The number of nitrogens with zero attached hydrogens (tertiary/aromatic N) is 1. The Hall–Kier alpha value is -3.20. The van der Waals surface area contributed by atoms with Gasteiger partial charge in [0.05, 0.1) is 18.2 Å². The minimum absolute atomic E-state index is 0.0424. The van der Waals surface area contributed by atoms with E-state index in [2.05, 4.69) is 20.9 Å². The summed E-state index contributed by atoms with van der Waals surface area (Å²) < 4.78 is 5.30. The molecule has 0 aliphatic heterocycles. The summed E-state index contributed by atoms with van der Waals surface area (Å²) in [4.78, 5) is 28.9. The Labute approximate surface area is 203 Å². The molecule has 1 heterocycles. The van der Waals surface area contributed by atoms with E-state index in [0.717, 1.165) is 16.3 Å². The number of pyridine rings is 1. The number of rotatable bonds is 10. The highest BCUT2D eigenvalue weighted by atomic mass is 35.5. The first-order valence-corrected chi connectivity index (χ1v) is 11.3. The number of carbonyl (C=O) groups excluding carboxylic acids is 2. The number of aliphatic hydroxyl groups is 1. The smallest absolute Gasteiger partial charge is 0.412 e. The van der Waals surface area contributed by atoms with E-state index < -0.39 is 17.7 Å². The topological polar surface area (TPSA) is 113 Å². The van der Waals surface area contributed by atoms with Crippen LogP contribution in [0.2, 0.25) is 5.02 Å². The number of amides is 2. The molecule has 8 nitrogen and oxygen atoms in total. The van der Waals surface area contributed by atoms with Crippen molar-refractivity contribution in [1.82, 2.24) is 15.6 Å². The lowest BCUT2D eigenvalue weighted by atomic mass is 9.99. The molecule has 2 amide bonds. The Bertz CT molecular complexity index is 1130. The van der Waals surface area contributed by atoms with Crippen molar-refractivity contribution in [3.05, 3.63) is 71.4 Å². The zero-order valence-electron chi connectivity index (χ0n) is 19.2. The molecule has 0 spiro atoms. The van der Waals surface area contributed by atoms with Crippen LogP contribution in [0.15, 0.2) is 60.8 Å². The molecule has 0 bridgehead atoms. The Morgan fingerprint density at radius 2 is 1.82 bits per heavy atom. The number of carbonyl (C=O) groups is 2.